The van der Waals surface area contributed by atoms with Gasteiger partial charge in [-0.3, -0.25) is 9.59 Å². The summed E-state index contributed by atoms with van der Waals surface area (Å²) < 4.78 is 32.6. The van der Waals surface area contributed by atoms with Gasteiger partial charge in [-0.2, -0.15) is 0 Å². The fraction of sp³-hybridized carbons (Fsp3) is 0.391. The molecule has 1 fully saturated rings. The van der Waals surface area contributed by atoms with Gasteiger partial charge in [-0.05, 0) is 44.0 Å². The number of likely N-dealkylation sites (tertiary alicyclic amines) is 1. The normalized spacial score (nSPS) is 14.5. The fourth-order valence-corrected chi connectivity index (χ4v) is 3.52. The molecule has 30 heavy (non-hydrogen) atoms. The maximum Gasteiger partial charge on any atom is 0.256 e. The van der Waals surface area contributed by atoms with Crippen molar-refractivity contribution in [3.63, 3.8) is 0 Å². The van der Waals surface area contributed by atoms with Crippen LogP contribution in [0.15, 0.2) is 42.5 Å². The Kier molecular flexibility index (Phi) is 7.03. The van der Waals surface area contributed by atoms with Crippen molar-refractivity contribution in [2.24, 2.45) is 5.92 Å². The zero-order chi connectivity index (χ0) is 21.7. The number of amides is 2. The van der Waals surface area contributed by atoms with Crippen LogP contribution in [-0.4, -0.2) is 54.9 Å². The monoisotopic (exact) mass is 416 g/mol. The van der Waals surface area contributed by atoms with Gasteiger partial charge >= 0.3 is 0 Å². The minimum absolute atomic E-state index is 0.0163. The highest BCUT2D eigenvalue weighted by Crippen LogP contribution is 2.22. The molecule has 1 aliphatic rings. The van der Waals surface area contributed by atoms with E-state index >= 15 is 0 Å². The van der Waals surface area contributed by atoms with E-state index in [-0.39, 0.29) is 17.4 Å². The molecule has 2 amide bonds. The van der Waals surface area contributed by atoms with Crippen LogP contribution in [0.3, 0.4) is 0 Å². The number of halogens is 2. The Morgan fingerprint density at radius 2 is 1.77 bits per heavy atom. The molecule has 0 aliphatic carbocycles. The van der Waals surface area contributed by atoms with E-state index in [0.29, 0.717) is 45.1 Å². The van der Waals surface area contributed by atoms with Crippen LogP contribution in [-0.2, 0) is 4.79 Å². The van der Waals surface area contributed by atoms with E-state index in [4.69, 9.17) is 4.74 Å². The quantitative estimate of drug-likeness (QED) is 0.722. The molecular formula is C23H26F2N2O3. The topological polar surface area (TPSA) is 49.9 Å². The van der Waals surface area contributed by atoms with Gasteiger partial charge in [0.25, 0.3) is 5.91 Å². The number of carbonyl (C=O) groups is 2. The number of ether oxygens (including phenoxy) is 1. The molecule has 0 radical (unpaired) electrons. The Labute approximate surface area is 175 Å². The number of hydrogen-bond acceptors (Lipinski definition) is 3. The molecule has 2 aromatic rings. The lowest BCUT2D eigenvalue weighted by Crippen LogP contribution is -2.44. The predicted molar refractivity (Wildman–Crippen MR) is 109 cm³/mol. The molecule has 2 aromatic carbocycles. The fourth-order valence-electron chi connectivity index (χ4n) is 3.52. The van der Waals surface area contributed by atoms with Crippen LogP contribution in [0.1, 0.15) is 28.8 Å². The van der Waals surface area contributed by atoms with E-state index in [1.807, 2.05) is 31.2 Å². The van der Waals surface area contributed by atoms with Crippen LogP contribution < -0.4 is 4.74 Å². The second-order valence-electron chi connectivity index (χ2n) is 7.61. The van der Waals surface area contributed by atoms with E-state index < -0.39 is 17.5 Å². The summed E-state index contributed by atoms with van der Waals surface area (Å²) in [5, 5.41) is 0. The van der Waals surface area contributed by atoms with Crippen molar-refractivity contribution in [2.45, 2.75) is 19.8 Å². The molecule has 160 valence electrons. The number of hydrogen-bond donors (Lipinski definition) is 0. The minimum atomic E-state index is -0.869. The largest absolute Gasteiger partial charge is 0.492 e. The Balaban J connectivity index is 1.46. The average molecular weight is 416 g/mol. The van der Waals surface area contributed by atoms with Gasteiger partial charge in [0.1, 0.15) is 24.0 Å². The number of piperidine rings is 1. The third-order valence-corrected chi connectivity index (χ3v) is 5.39. The standard InChI is InChI=1S/C23H26F2N2O3/c1-16-3-6-19(7-4-16)30-14-13-26(2)22(28)17-9-11-27(12-10-17)23(29)20-8-5-18(24)15-21(20)25/h3-8,15,17H,9-14H2,1-2H3. The third-order valence-electron chi connectivity index (χ3n) is 5.39. The SMILES string of the molecule is Cc1ccc(OCCN(C)C(=O)C2CCN(C(=O)c3ccc(F)cc3F)CC2)cc1. The van der Waals surface area contributed by atoms with Crippen LogP contribution in [0.2, 0.25) is 0 Å². The van der Waals surface area contributed by atoms with Gasteiger partial charge in [-0.25, -0.2) is 8.78 Å². The summed E-state index contributed by atoms with van der Waals surface area (Å²) in [7, 11) is 1.74. The summed E-state index contributed by atoms with van der Waals surface area (Å²) in [6, 6.07) is 10.7. The van der Waals surface area contributed by atoms with Crippen molar-refractivity contribution in [3.05, 3.63) is 65.2 Å². The summed E-state index contributed by atoms with van der Waals surface area (Å²) in [5.74, 6) is -1.46. The molecule has 1 heterocycles. The van der Waals surface area contributed by atoms with Crippen molar-refractivity contribution in [3.8, 4) is 5.75 Å². The lowest BCUT2D eigenvalue weighted by molar-refractivity contribution is -0.135. The van der Waals surface area contributed by atoms with E-state index in [1.54, 1.807) is 11.9 Å². The summed E-state index contributed by atoms with van der Waals surface area (Å²) in [6.07, 6.45) is 1.02. The summed E-state index contributed by atoms with van der Waals surface area (Å²) in [4.78, 5) is 28.3. The summed E-state index contributed by atoms with van der Waals surface area (Å²) >= 11 is 0. The van der Waals surface area contributed by atoms with E-state index in [2.05, 4.69) is 0 Å². The molecule has 0 bridgehead atoms. The molecular weight excluding hydrogens is 390 g/mol. The van der Waals surface area contributed by atoms with Crippen molar-refractivity contribution >= 4 is 11.8 Å². The number of carbonyl (C=O) groups excluding carboxylic acids is 2. The molecule has 0 atom stereocenters. The molecule has 5 nitrogen and oxygen atoms in total. The molecule has 0 saturated carbocycles. The van der Waals surface area contributed by atoms with Crippen LogP contribution in [0.4, 0.5) is 8.78 Å². The molecule has 0 spiro atoms. The van der Waals surface area contributed by atoms with Gasteiger partial charge in [-0.15, -0.1) is 0 Å². The van der Waals surface area contributed by atoms with E-state index in [9.17, 15) is 18.4 Å². The maximum atomic E-state index is 13.9. The Morgan fingerprint density at radius 3 is 2.40 bits per heavy atom. The average Bonchev–Trinajstić information content (AvgIpc) is 2.74. The number of aryl methyl sites for hydroxylation is 1. The number of likely N-dealkylation sites (N-methyl/N-ethyl adjacent to an activating group) is 1. The molecule has 0 aromatic heterocycles. The molecule has 7 heteroatoms. The Morgan fingerprint density at radius 1 is 1.10 bits per heavy atom. The molecule has 1 aliphatic heterocycles. The second kappa shape index (κ2) is 9.69. The molecule has 3 rings (SSSR count). The molecule has 1 saturated heterocycles. The first-order valence-corrected chi connectivity index (χ1v) is 10.0. The van der Waals surface area contributed by atoms with Crippen LogP contribution in [0.25, 0.3) is 0 Å². The second-order valence-corrected chi connectivity index (χ2v) is 7.61. The van der Waals surface area contributed by atoms with Gasteiger partial charge in [-0.1, -0.05) is 17.7 Å². The van der Waals surface area contributed by atoms with Gasteiger partial charge < -0.3 is 14.5 Å². The lowest BCUT2D eigenvalue weighted by Gasteiger charge is -2.33. The Bertz CT molecular complexity index is 894. The van der Waals surface area contributed by atoms with Crippen molar-refractivity contribution in [2.75, 3.05) is 33.3 Å². The first-order valence-electron chi connectivity index (χ1n) is 10.0. The van der Waals surface area contributed by atoms with Crippen molar-refractivity contribution in [1.29, 1.82) is 0 Å². The highest BCUT2D eigenvalue weighted by atomic mass is 19.1. The predicted octanol–water partition coefficient (Wildman–Crippen LogP) is 3.66. The lowest BCUT2D eigenvalue weighted by atomic mass is 9.95. The number of rotatable bonds is 6. The number of nitrogens with zero attached hydrogens (tertiary/aromatic N) is 2. The smallest absolute Gasteiger partial charge is 0.256 e. The van der Waals surface area contributed by atoms with Crippen LogP contribution in [0, 0.1) is 24.5 Å². The highest BCUT2D eigenvalue weighted by molar-refractivity contribution is 5.94. The van der Waals surface area contributed by atoms with Gasteiger partial charge in [0, 0.05) is 32.1 Å². The first-order chi connectivity index (χ1) is 14.3. The molecule has 0 unspecified atom stereocenters. The van der Waals surface area contributed by atoms with Gasteiger partial charge in [0.15, 0.2) is 0 Å². The summed E-state index contributed by atoms with van der Waals surface area (Å²) in [5.41, 5.74) is 1.01. The highest BCUT2D eigenvalue weighted by Gasteiger charge is 2.30. The van der Waals surface area contributed by atoms with Crippen molar-refractivity contribution < 1.29 is 23.1 Å². The van der Waals surface area contributed by atoms with Crippen LogP contribution in [0.5, 0.6) is 5.75 Å². The minimum Gasteiger partial charge on any atom is -0.492 e. The third kappa shape index (κ3) is 5.34. The Hall–Kier alpha value is -2.96. The zero-order valence-corrected chi connectivity index (χ0v) is 17.2. The summed E-state index contributed by atoms with van der Waals surface area (Å²) in [6.45, 7) is 3.59. The zero-order valence-electron chi connectivity index (χ0n) is 17.2. The number of benzene rings is 2. The van der Waals surface area contributed by atoms with E-state index in [0.717, 1.165) is 23.4 Å². The molecule has 0 N–H and O–H groups in total. The maximum absolute atomic E-state index is 13.9. The first kappa shape index (κ1) is 21.7. The van der Waals surface area contributed by atoms with E-state index in [1.165, 1.54) is 4.90 Å². The van der Waals surface area contributed by atoms with Gasteiger partial charge in [0.2, 0.25) is 5.91 Å². The van der Waals surface area contributed by atoms with Crippen LogP contribution >= 0.6 is 0 Å². The van der Waals surface area contributed by atoms with Crippen molar-refractivity contribution in [1.82, 2.24) is 9.80 Å². The van der Waals surface area contributed by atoms with Gasteiger partial charge in [0.05, 0.1) is 12.1 Å².